The molecule has 2 unspecified atom stereocenters. The van der Waals surface area contributed by atoms with E-state index >= 15 is 0 Å². The average Bonchev–Trinajstić information content (AvgIpc) is 3.67. The van der Waals surface area contributed by atoms with Gasteiger partial charge in [-0.2, -0.15) is 5.10 Å². The topological polar surface area (TPSA) is 138 Å². The second-order valence-electron chi connectivity index (χ2n) is 16.7. The van der Waals surface area contributed by atoms with Crippen LogP contribution in [-0.2, 0) is 52.1 Å². The molecule has 6 rings (SSSR count). The van der Waals surface area contributed by atoms with Gasteiger partial charge in [-0.25, -0.2) is 15.1 Å². The lowest BCUT2D eigenvalue weighted by Crippen LogP contribution is -3.16. The molecule has 2 aromatic carbocycles. The Morgan fingerprint density at radius 1 is 1.16 bits per heavy atom. The van der Waals surface area contributed by atoms with E-state index in [1.54, 1.807) is 19.2 Å². The Bertz CT molecular complexity index is 2230. The number of esters is 1. The summed E-state index contributed by atoms with van der Waals surface area (Å²) in [6.45, 7) is 15.9. The molecule has 1 saturated heterocycles. The van der Waals surface area contributed by atoms with Gasteiger partial charge in [0.25, 0.3) is 5.91 Å². The number of quaternary nitrogens is 1. The van der Waals surface area contributed by atoms with E-state index < -0.39 is 23.5 Å². The molecule has 2 aliphatic heterocycles. The molecule has 0 aliphatic carbocycles. The van der Waals surface area contributed by atoms with Crippen LogP contribution in [0.4, 0.5) is 0 Å². The van der Waals surface area contributed by atoms with Crippen molar-refractivity contribution in [3.63, 3.8) is 0 Å². The number of allylic oxidation sites excluding steroid dienone is 1. The summed E-state index contributed by atoms with van der Waals surface area (Å²) in [5.74, 6) is -1.08. The van der Waals surface area contributed by atoms with Crippen LogP contribution in [0.15, 0.2) is 66.5 Å². The number of hydrogen-bond donors (Lipinski definition) is 4. The maximum atomic E-state index is 14.6. The molecule has 0 radical (unpaired) electrons. The Hall–Kier alpha value is -5.24. The smallest absolute Gasteiger partial charge is 0.365 e. The Balaban J connectivity index is 1.56. The fourth-order valence-corrected chi connectivity index (χ4v) is 8.41. The number of cyclic esters (lactones) is 1. The van der Waals surface area contributed by atoms with Gasteiger partial charge in [-0.3, -0.25) is 19.3 Å². The van der Waals surface area contributed by atoms with Gasteiger partial charge in [0.1, 0.15) is 17.5 Å². The number of phenols is 1. The number of nitrogens with one attached hydrogen (secondary N) is 3. The van der Waals surface area contributed by atoms with Gasteiger partial charge < -0.3 is 24.6 Å². The van der Waals surface area contributed by atoms with E-state index in [9.17, 15) is 19.5 Å². The fraction of sp³-hybridized carbons (Fsp3) is 0.455. The van der Waals surface area contributed by atoms with E-state index in [1.165, 1.54) is 11.2 Å². The predicted molar refractivity (Wildman–Crippen MR) is 222 cm³/mol. The van der Waals surface area contributed by atoms with Crippen molar-refractivity contribution in [3.8, 4) is 28.3 Å². The minimum absolute atomic E-state index is 0.0466. The van der Waals surface area contributed by atoms with Gasteiger partial charge in [-0.15, -0.1) is 0 Å². The van der Waals surface area contributed by atoms with Crippen molar-refractivity contribution >= 4 is 28.7 Å². The van der Waals surface area contributed by atoms with E-state index in [-0.39, 0.29) is 35.5 Å². The number of aromatic nitrogens is 3. The van der Waals surface area contributed by atoms with Crippen molar-refractivity contribution in [2.45, 2.75) is 85.5 Å². The lowest BCUT2D eigenvalue weighted by Gasteiger charge is -2.36. The molecule has 4 aromatic rings. The number of aryl methyl sites for hydroxylation is 2. The highest BCUT2D eigenvalue weighted by atomic mass is 16.5. The number of carbonyl (C=O) groups is 3. The number of nitrogens with zero attached hydrogens (tertiary/aromatic N) is 5. The first kappa shape index (κ1) is 41.4. The van der Waals surface area contributed by atoms with Crippen LogP contribution < -0.4 is 15.6 Å². The highest BCUT2D eigenvalue weighted by Gasteiger charge is 2.41. The largest absolute Gasteiger partial charge is 0.508 e. The highest BCUT2D eigenvalue weighted by molar-refractivity contribution is 5.95. The summed E-state index contributed by atoms with van der Waals surface area (Å²) in [6, 6.07) is 12.2. The molecule has 0 spiro atoms. The molecule has 1 fully saturated rings. The van der Waals surface area contributed by atoms with Gasteiger partial charge in [0.05, 0.1) is 29.9 Å². The molecule has 13 heteroatoms. The van der Waals surface area contributed by atoms with Crippen LogP contribution in [0.25, 0.3) is 33.4 Å². The zero-order valence-corrected chi connectivity index (χ0v) is 35.0. The monoisotopic (exact) mass is 779 g/mol. The first-order chi connectivity index (χ1) is 27.0. The number of hydrogen-bond acceptors (Lipinski definition) is 9. The minimum Gasteiger partial charge on any atom is -0.508 e. The van der Waals surface area contributed by atoms with Gasteiger partial charge in [0, 0.05) is 56.5 Å². The molecule has 2 aliphatic rings. The molecule has 3 atom stereocenters. The third-order valence-corrected chi connectivity index (χ3v) is 11.0. The average molecular weight is 780 g/mol. The highest BCUT2D eigenvalue weighted by Crippen LogP contribution is 2.40. The number of likely N-dealkylation sites (N-methyl/N-ethyl adjacent to an activating group) is 1. The van der Waals surface area contributed by atoms with Crippen LogP contribution in [0.1, 0.15) is 64.3 Å². The summed E-state index contributed by atoms with van der Waals surface area (Å²) < 4.78 is 10.4. The normalized spacial score (nSPS) is 19.2. The number of benzene rings is 2. The number of amides is 2. The second-order valence-corrected chi connectivity index (χ2v) is 16.7. The molecule has 57 heavy (non-hydrogen) atoms. The first-order valence-corrected chi connectivity index (χ1v) is 19.9. The summed E-state index contributed by atoms with van der Waals surface area (Å²) in [5, 5.41) is 21.6. The zero-order chi connectivity index (χ0) is 41.3. The SMILES string of the molecule is C=C[NH+](C(=O)C(NC)=C(C)C)C1Cc2cc(O)cc(c2)-c2ccc3c(c2)c(c(-c2cc(CN(C)C)nn2C)n3CC)CC(C)(C)COC(=O)[C@@H]2CCCN(N2)C1=O. The number of carbonyl (C=O) groups excluding carboxylic acids is 3. The molecule has 4 N–H and O–H groups in total. The van der Waals surface area contributed by atoms with Crippen LogP contribution in [0.5, 0.6) is 5.75 Å². The lowest BCUT2D eigenvalue weighted by molar-refractivity contribution is -0.781. The van der Waals surface area contributed by atoms with Crippen LogP contribution in [-0.4, -0.2) is 93.5 Å². The molecule has 2 amide bonds. The first-order valence-electron chi connectivity index (χ1n) is 19.9. The van der Waals surface area contributed by atoms with E-state index in [0.717, 1.165) is 50.2 Å². The lowest BCUT2D eigenvalue weighted by atomic mass is 9.84. The number of fused-ring (bicyclic) bond motifs is 6. The van der Waals surface area contributed by atoms with Crippen LogP contribution in [0, 0.1) is 5.41 Å². The van der Waals surface area contributed by atoms with E-state index in [0.29, 0.717) is 50.2 Å². The quantitative estimate of drug-likeness (QED) is 0.154. The maximum absolute atomic E-state index is 14.6. The zero-order valence-electron chi connectivity index (χ0n) is 35.0. The number of phenolic OH excluding ortho intramolecular Hbond substituents is 1. The molecular weight excluding hydrogens is 721 g/mol. The van der Waals surface area contributed by atoms with Gasteiger partial charge in [-0.1, -0.05) is 26.0 Å². The summed E-state index contributed by atoms with van der Waals surface area (Å²) in [6.07, 6.45) is 3.22. The number of ether oxygens (including phenoxy) is 1. The Labute approximate surface area is 335 Å². The van der Waals surface area contributed by atoms with Crippen molar-refractivity contribution in [1.29, 1.82) is 0 Å². The molecule has 6 bridgehead atoms. The van der Waals surface area contributed by atoms with Crippen LogP contribution >= 0.6 is 0 Å². The molecule has 4 heterocycles. The van der Waals surface area contributed by atoms with Gasteiger partial charge >= 0.3 is 11.9 Å². The van der Waals surface area contributed by atoms with E-state index in [1.807, 2.05) is 45.7 Å². The Morgan fingerprint density at radius 2 is 1.91 bits per heavy atom. The van der Waals surface area contributed by atoms with Crippen molar-refractivity contribution in [2.24, 2.45) is 12.5 Å². The summed E-state index contributed by atoms with van der Waals surface area (Å²) in [4.78, 5) is 44.8. The van der Waals surface area contributed by atoms with Crippen LogP contribution in [0.2, 0.25) is 0 Å². The third kappa shape index (κ3) is 8.56. The summed E-state index contributed by atoms with van der Waals surface area (Å²) in [5.41, 5.74) is 11.4. The van der Waals surface area contributed by atoms with Crippen molar-refractivity contribution in [2.75, 3.05) is 34.3 Å². The maximum Gasteiger partial charge on any atom is 0.365 e. The second kappa shape index (κ2) is 16.7. The van der Waals surface area contributed by atoms with Crippen LogP contribution in [0.3, 0.4) is 0 Å². The number of aromatic hydroxyl groups is 1. The molecule has 2 aromatic heterocycles. The predicted octanol–water partition coefficient (Wildman–Crippen LogP) is 4.10. The van der Waals surface area contributed by atoms with E-state index in [2.05, 4.69) is 71.8 Å². The summed E-state index contributed by atoms with van der Waals surface area (Å²) in [7, 11) is 7.72. The molecule has 304 valence electrons. The van der Waals surface area contributed by atoms with Gasteiger partial charge in [-0.05, 0) is 119 Å². The Kier molecular flexibility index (Phi) is 12.1. The number of rotatable bonds is 8. The third-order valence-electron chi connectivity index (χ3n) is 11.0. The molecular formula is C44H59N8O5+. The Morgan fingerprint density at radius 3 is 2.58 bits per heavy atom. The van der Waals surface area contributed by atoms with Crippen molar-refractivity contribution < 1.29 is 29.1 Å². The van der Waals surface area contributed by atoms with Crippen molar-refractivity contribution in [1.82, 2.24) is 35.0 Å². The minimum atomic E-state index is -0.973. The molecule has 0 saturated carbocycles. The van der Waals surface area contributed by atoms with Crippen molar-refractivity contribution in [3.05, 3.63) is 83.3 Å². The number of hydrazine groups is 1. The van der Waals surface area contributed by atoms with E-state index in [4.69, 9.17) is 9.84 Å². The van der Waals surface area contributed by atoms with Gasteiger partial charge in [0.2, 0.25) is 0 Å². The standard InChI is InChI=1S/C44H58N8O5/c1-11-50-36-16-15-29-22-33(36)34(40(50)37-23-31(25-48(8)9)46-49(37)10)24-44(5,6)26-57-43(56)35-14-13-17-52(47-35)41(54)38(20-28-18-30(29)21-32(53)19-28)51(12-2)42(55)39(45-7)27(3)4/h12,15-16,18-19,21-23,35,38,45,47,53H,2,11,13-14,17,20,24-26H2,1,3-10H3/p+1/t35-,38?/m0/s1. The summed E-state index contributed by atoms with van der Waals surface area (Å²) >= 11 is 0. The molecule has 13 nitrogen and oxygen atoms in total. The van der Waals surface area contributed by atoms with Gasteiger partial charge in [0.15, 0.2) is 6.04 Å². The fourth-order valence-electron chi connectivity index (χ4n) is 8.41.